The highest BCUT2D eigenvalue weighted by molar-refractivity contribution is 5.93. The number of amides is 2. The Kier molecular flexibility index (Phi) is 3.74. The molecule has 0 spiro atoms. The summed E-state index contributed by atoms with van der Waals surface area (Å²) in [6.07, 6.45) is 1.87. The molecule has 1 aliphatic rings. The highest BCUT2D eigenvalue weighted by Crippen LogP contribution is 2.34. The third kappa shape index (κ3) is 3.71. The standard InChI is InChI=1S/C14H18N2O3/c1-14(8-9-14)15-13(19)16(10-7-12(17)18)11-5-3-2-4-6-11/h2-6H,7-10H2,1H3,(H,15,19)(H,17,18). The number of nitrogens with one attached hydrogen (secondary N) is 1. The largest absolute Gasteiger partial charge is 0.481 e. The lowest BCUT2D eigenvalue weighted by Crippen LogP contribution is -2.46. The maximum atomic E-state index is 12.2. The summed E-state index contributed by atoms with van der Waals surface area (Å²) < 4.78 is 0. The Hall–Kier alpha value is -2.04. The van der Waals surface area contributed by atoms with E-state index in [-0.39, 0.29) is 24.5 Å². The fourth-order valence-corrected chi connectivity index (χ4v) is 1.80. The van der Waals surface area contributed by atoms with Gasteiger partial charge in [0.05, 0.1) is 6.42 Å². The molecule has 0 unspecified atom stereocenters. The third-order valence-corrected chi connectivity index (χ3v) is 3.27. The maximum absolute atomic E-state index is 12.2. The second-order valence-electron chi connectivity index (χ2n) is 5.12. The van der Waals surface area contributed by atoms with Crippen molar-refractivity contribution in [2.24, 2.45) is 0 Å². The lowest BCUT2D eigenvalue weighted by Gasteiger charge is -2.24. The molecule has 1 saturated carbocycles. The van der Waals surface area contributed by atoms with E-state index in [0.717, 1.165) is 12.8 Å². The number of rotatable bonds is 5. The molecule has 0 heterocycles. The number of carbonyl (C=O) groups excluding carboxylic acids is 1. The molecular weight excluding hydrogens is 244 g/mol. The molecule has 0 aliphatic heterocycles. The van der Waals surface area contributed by atoms with Crippen LogP contribution in [0.15, 0.2) is 30.3 Å². The molecule has 0 saturated heterocycles. The van der Waals surface area contributed by atoms with Crippen LogP contribution in [0.5, 0.6) is 0 Å². The number of aliphatic carboxylic acids is 1. The van der Waals surface area contributed by atoms with E-state index in [1.165, 1.54) is 4.90 Å². The number of nitrogens with zero attached hydrogens (tertiary/aromatic N) is 1. The SMILES string of the molecule is CC1(NC(=O)N(CCC(=O)O)c2ccccc2)CC1. The van der Waals surface area contributed by atoms with E-state index in [9.17, 15) is 9.59 Å². The summed E-state index contributed by atoms with van der Waals surface area (Å²) in [5.74, 6) is -0.911. The van der Waals surface area contributed by atoms with Crippen LogP contribution < -0.4 is 10.2 Å². The van der Waals surface area contributed by atoms with E-state index in [2.05, 4.69) is 5.32 Å². The van der Waals surface area contributed by atoms with Crippen molar-refractivity contribution >= 4 is 17.7 Å². The quantitative estimate of drug-likeness (QED) is 0.855. The Morgan fingerprint density at radius 1 is 1.32 bits per heavy atom. The van der Waals surface area contributed by atoms with Crippen LogP contribution in [0.3, 0.4) is 0 Å². The molecule has 0 radical (unpaired) electrons. The van der Waals surface area contributed by atoms with E-state index in [1.54, 1.807) is 12.1 Å². The first kappa shape index (κ1) is 13.4. The summed E-state index contributed by atoms with van der Waals surface area (Å²) in [7, 11) is 0. The van der Waals surface area contributed by atoms with Crippen molar-refractivity contribution < 1.29 is 14.7 Å². The second-order valence-corrected chi connectivity index (χ2v) is 5.12. The maximum Gasteiger partial charge on any atom is 0.322 e. The normalized spacial score (nSPS) is 15.6. The van der Waals surface area contributed by atoms with Gasteiger partial charge in [-0.25, -0.2) is 4.79 Å². The van der Waals surface area contributed by atoms with Crippen molar-refractivity contribution in [3.63, 3.8) is 0 Å². The number of para-hydroxylation sites is 1. The number of urea groups is 1. The van der Waals surface area contributed by atoms with Crippen LogP contribution in [0, 0.1) is 0 Å². The Bertz CT molecular complexity index is 469. The zero-order valence-corrected chi connectivity index (χ0v) is 10.9. The van der Waals surface area contributed by atoms with Gasteiger partial charge < -0.3 is 10.4 Å². The first-order valence-corrected chi connectivity index (χ1v) is 6.37. The molecule has 5 nitrogen and oxygen atoms in total. The highest BCUT2D eigenvalue weighted by Gasteiger charge is 2.39. The lowest BCUT2D eigenvalue weighted by atomic mass is 10.2. The van der Waals surface area contributed by atoms with Crippen LogP contribution in [0.1, 0.15) is 26.2 Å². The molecule has 1 aromatic carbocycles. The minimum absolute atomic E-state index is 0.0704. The van der Waals surface area contributed by atoms with Crippen molar-refractivity contribution in [2.75, 3.05) is 11.4 Å². The number of anilines is 1. The predicted molar refractivity (Wildman–Crippen MR) is 72.2 cm³/mol. The molecule has 1 fully saturated rings. The smallest absolute Gasteiger partial charge is 0.322 e. The number of benzene rings is 1. The number of carboxylic acids is 1. The third-order valence-electron chi connectivity index (χ3n) is 3.27. The summed E-state index contributed by atoms with van der Waals surface area (Å²) in [6.45, 7) is 2.16. The van der Waals surface area contributed by atoms with Gasteiger partial charge in [0, 0.05) is 17.8 Å². The van der Waals surface area contributed by atoms with Crippen molar-refractivity contribution in [2.45, 2.75) is 31.7 Å². The fourth-order valence-electron chi connectivity index (χ4n) is 1.80. The van der Waals surface area contributed by atoms with E-state index >= 15 is 0 Å². The first-order valence-electron chi connectivity index (χ1n) is 6.37. The molecule has 102 valence electrons. The van der Waals surface area contributed by atoms with Gasteiger partial charge in [-0.2, -0.15) is 0 Å². The predicted octanol–water partition coefficient (Wildman–Crippen LogP) is 2.23. The zero-order chi connectivity index (χ0) is 13.9. The lowest BCUT2D eigenvalue weighted by molar-refractivity contribution is -0.136. The van der Waals surface area contributed by atoms with Gasteiger partial charge in [0.15, 0.2) is 0 Å². The van der Waals surface area contributed by atoms with Crippen molar-refractivity contribution in [3.05, 3.63) is 30.3 Å². The number of carbonyl (C=O) groups is 2. The highest BCUT2D eigenvalue weighted by atomic mass is 16.4. The molecule has 2 amide bonds. The van der Waals surface area contributed by atoms with E-state index < -0.39 is 5.97 Å². The Balaban J connectivity index is 2.09. The zero-order valence-electron chi connectivity index (χ0n) is 10.9. The van der Waals surface area contributed by atoms with Crippen molar-refractivity contribution in [3.8, 4) is 0 Å². The molecule has 0 atom stereocenters. The van der Waals surface area contributed by atoms with Gasteiger partial charge in [-0.3, -0.25) is 9.69 Å². The second kappa shape index (κ2) is 5.30. The van der Waals surface area contributed by atoms with Gasteiger partial charge in [-0.15, -0.1) is 0 Å². The first-order chi connectivity index (χ1) is 9.00. The molecule has 19 heavy (non-hydrogen) atoms. The van der Waals surface area contributed by atoms with Crippen molar-refractivity contribution in [1.82, 2.24) is 5.32 Å². The van der Waals surface area contributed by atoms with Gasteiger partial charge in [-0.05, 0) is 31.9 Å². The molecule has 0 aromatic heterocycles. The van der Waals surface area contributed by atoms with E-state index in [0.29, 0.717) is 5.69 Å². The fraction of sp³-hybridized carbons (Fsp3) is 0.429. The van der Waals surface area contributed by atoms with Crippen LogP contribution in [-0.4, -0.2) is 29.2 Å². The van der Waals surface area contributed by atoms with Gasteiger partial charge in [0.25, 0.3) is 0 Å². The molecule has 2 rings (SSSR count). The molecule has 1 aliphatic carbocycles. The monoisotopic (exact) mass is 262 g/mol. The van der Waals surface area contributed by atoms with Gasteiger partial charge in [0.1, 0.15) is 0 Å². The van der Waals surface area contributed by atoms with Crippen LogP contribution in [0.2, 0.25) is 0 Å². The van der Waals surface area contributed by atoms with Gasteiger partial charge >= 0.3 is 12.0 Å². The summed E-state index contributed by atoms with van der Waals surface area (Å²) in [6, 6.07) is 8.89. The van der Waals surface area contributed by atoms with Crippen LogP contribution in [0.25, 0.3) is 0 Å². The minimum Gasteiger partial charge on any atom is -0.481 e. The number of hydrogen-bond donors (Lipinski definition) is 2. The number of carboxylic acid groups (broad SMARTS) is 1. The van der Waals surface area contributed by atoms with E-state index in [1.807, 2.05) is 25.1 Å². The average Bonchev–Trinajstić information content (AvgIpc) is 3.08. The van der Waals surface area contributed by atoms with Gasteiger partial charge in [-0.1, -0.05) is 18.2 Å². The summed E-state index contributed by atoms with van der Waals surface area (Å²) in [4.78, 5) is 24.4. The van der Waals surface area contributed by atoms with E-state index in [4.69, 9.17) is 5.11 Å². The van der Waals surface area contributed by atoms with Crippen LogP contribution in [0.4, 0.5) is 10.5 Å². The summed E-state index contributed by atoms with van der Waals surface area (Å²) in [5.41, 5.74) is 0.596. The molecular formula is C14H18N2O3. The van der Waals surface area contributed by atoms with Crippen LogP contribution >= 0.6 is 0 Å². The summed E-state index contributed by atoms with van der Waals surface area (Å²) in [5, 5.41) is 11.7. The minimum atomic E-state index is -0.911. The van der Waals surface area contributed by atoms with Gasteiger partial charge in [0.2, 0.25) is 0 Å². The summed E-state index contributed by atoms with van der Waals surface area (Å²) >= 11 is 0. The van der Waals surface area contributed by atoms with Crippen LogP contribution in [-0.2, 0) is 4.79 Å². The molecule has 2 N–H and O–H groups in total. The molecule has 1 aromatic rings. The average molecular weight is 262 g/mol. The number of hydrogen-bond acceptors (Lipinski definition) is 2. The topological polar surface area (TPSA) is 69.6 Å². The van der Waals surface area contributed by atoms with Crippen molar-refractivity contribution in [1.29, 1.82) is 0 Å². The Morgan fingerprint density at radius 2 is 1.95 bits per heavy atom. The molecule has 5 heteroatoms. The molecule has 0 bridgehead atoms. The Morgan fingerprint density at radius 3 is 2.47 bits per heavy atom. The Labute approximate surface area is 112 Å².